The Kier molecular flexibility index (Phi) is 3.89. The van der Waals surface area contributed by atoms with E-state index in [9.17, 15) is 0 Å². The van der Waals surface area contributed by atoms with Gasteiger partial charge in [0.15, 0.2) is 11.5 Å². The van der Waals surface area contributed by atoms with Crippen LogP contribution in [0.25, 0.3) is 0 Å². The van der Waals surface area contributed by atoms with Crippen molar-refractivity contribution in [3.8, 4) is 6.07 Å². The van der Waals surface area contributed by atoms with E-state index < -0.39 is 0 Å². The van der Waals surface area contributed by atoms with E-state index in [4.69, 9.17) is 10.00 Å². The second-order valence-corrected chi connectivity index (χ2v) is 4.25. The molecule has 0 amide bonds. The Labute approximate surface area is 101 Å². The van der Waals surface area contributed by atoms with Crippen molar-refractivity contribution in [2.24, 2.45) is 5.92 Å². The topological polar surface area (TPSA) is 62.0 Å². The second kappa shape index (κ2) is 5.60. The molecule has 0 radical (unpaired) electrons. The van der Waals surface area contributed by atoms with Gasteiger partial charge in [-0.2, -0.15) is 5.26 Å². The van der Waals surface area contributed by atoms with Crippen LogP contribution < -0.4 is 4.90 Å². The first kappa shape index (κ1) is 11.8. The molecule has 5 nitrogen and oxygen atoms in total. The highest BCUT2D eigenvalue weighted by molar-refractivity contribution is 5.49. The molecule has 0 saturated carbocycles. The van der Waals surface area contributed by atoms with Gasteiger partial charge in [0.05, 0.1) is 6.61 Å². The highest BCUT2D eigenvalue weighted by Gasteiger charge is 2.22. The zero-order chi connectivity index (χ0) is 12.1. The third-order valence-electron chi connectivity index (χ3n) is 3.01. The lowest BCUT2D eigenvalue weighted by Gasteiger charge is -2.33. The molecule has 5 heteroatoms. The van der Waals surface area contributed by atoms with Crippen molar-refractivity contribution in [3.63, 3.8) is 0 Å². The molecular weight excluding hydrogens is 216 g/mol. The zero-order valence-corrected chi connectivity index (χ0v) is 9.96. The molecule has 0 spiro atoms. The molecule has 1 atom stereocenters. The van der Waals surface area contributed by atoms with Crippen LogP contribution in [0.15, 0.2) is 12.4 Å². The Balaban J connectivity index is 2.14. The van der Waals surface area contributed by atoms with E-state index in [0.29, 0.717) is 17.4 Å². The predicted octanol–water partition coefficient (Wildman–Crippen LogP) is 1.21. The number of hydrogen-bond acceptors (Lipinski definition) is 5. The molecule has 1 aliphatic heterocycles. The summed E-state index contributed by atoms with van der Waals surface area (Å²) in [6.07, 6.45) is 5.47. The van der Waals surface area contributed by atoms with Gasteiger partial charge in [-0.25, -0.2) is 9.97 Å². The average Bonchev–Trinajstić information content (AvgIpc) is 2.39. The molecular formula is C12H16N4O. The number of methoxy groups -OCH3 is 1. The molecule has 0 aliphatic carbocycles. The van der Waals surface area contributed by atoms with Crippen LogP contribution in [-0.2, 0) is 4.74 Å². The molecule has 17 heavy (non-hydrogen) atoms. The molecule has 1 aliphatic rings. The summed E-state index contributed by atoms with van der Waals surface area (Å²) in [6.45, 7) is 2.59. The molecule has 1 aromatic heterocycles. The van der Waals surface area contributed by atoms with Crippen molar-refractivity contribution in [2.75, 3.05) is 31.7 Å². The number of nitrogens with zero attached hydrogens (tertiary/aromatic N) is 4. The van der Waals surface area contributed by atoms with Gasteiger partial charge < -0.3 is 9.64 Å². The maximum atomic E-state index is 9.01. The Morgan fingerprint density at radius 2 is 2.35 bits per heavy atom. The summed E-state index contributed by atoms with van der Waals surface area (Å²) in [6, 6.07) is 2.09. The minimum Gasteiger partial charge on any atom is -0.384 e. The maximum absolute atomic E-state index is 9.01. The first-order valence-corrected chi connectivity index (χ1v) is 5.80. The van der Waals surface area contributed by atoms with E-state index in [1.165, 1.54) is 6.42 Å². The van der Waals surface area contributed by atoms with Gasteiger partial charge in [-0.3, -0.25) is 0 Å². The number of rotatable bonds is 3. The second-order valence-electron chi connectivity index (χ2n) is 4.25. The van der Waals surface area contributed by atoms with Crippen molar-refractivity contribution >= 4 is 5.82 Å². The molecule has 0 aromatic carbocycles. The lowest BCUT2D eigenvalue weighted by atomic mass is 9.99. The minimum absolute atomic E-state index is 0.408. The van der Waals surface area contributed by atoms with E-state index in [0.717, 1.165) is 26.1 Å². The number of ether oxygens (including phenoxy) is 1. The van der Waals surface area contributed by atoms with Crippen LogP contribution in [0.4, 0.5) is 5.82 Å². The number of anilines is 1. The van der Waals surface area contributed by atoms with E-state index >= 15 is 0 Å². The Bertz CT molecular complexity index is 413. The highest BCUT2D eigenvalue weighted by Crippen LogP contribution is 2.23. The van der Waals surface area contributed by atoms with Gasteiger partial charge in [0, 0.05) is 32.6 Å². The normalized spacial score (nSPS) is 20.0. The number of hydrogen-bond donors (Lipinski definition) is 0. The van der Waals surface area contributed by atoms with E-state index in [1.807, 2.05) is 0 Å². The van der Waals surface area contributed by atoms with Crippen molar-refractivity contribution in [2.45, 2.75) is 12.8 Å². The molecule has 0 N–H and O–H groups in total. The first-order chi connectivity index (χ1) is 8.35. The van der Waals surface area contributed by atoms with Crippen LogP contribution in [0.3, 0.4) is 0 Å². The largest absolute Gasteiger partial charge is 0.384 e. The van der Waals surface area contributed by atoms with Gasteiger partial charge in [-0.15, -0.1) is 0 Å². The van der Waals surface area contributed by atoms with Crippen LogP contribution in [-0.4, -0.2) is 36.8 Å². The van der Waals surface area contributed by atoms with Crippen LogP contribution >= 0.6 is 0 Å². The van der Waals surface area contributed by atoms with Gasteiger partial charge in [0.1, 0.15) is 6.07 Å². The SMILES string of the molecule is COCC1CCCN(c2nccnc2C#N)C1. The smallest absolute Gasteiger partial charge is 0.183 e. The molecule has 1 fully saturated rings. The summed E-state index contributed by atoms with van der Waals surface area (Å²) in [5, 5.41) is 9.01. The van der Waals surface area contributed by atoms with Gasteiger partial charge in [0.25, 0.3) is 0 Å². The quantitative estimate of drug-likeness (QED) is 0.784. The van der Waals surface area contributed by atoms with Crippen molar-refractivity contribution in [1.29, 1.82) is 5.26 Å². The first-order valence-electron chi connectivity index (χ1n) is 5.80. The summed E-state index contributed by atoms with van der Waals surface area (Å²) in [5.41, 5.74) is 0.408. The summed E-state index contributed by atoms with van der Waals surface area (Å²) < 4.78 is 5.19. The molecule has 90 valence electrons. The lowest BCUT2D eigenvalue weighted by Crippen LogP contribution is -2.38. The molecule has 2 heterocycles. The van der Waals surface area contributed by atoms with Gasteiger partial charge in [0.2, 0.25) is 0 Å². The molecule has 1 aromatic rings. The van der Waals surface area contributed by atoms with Crippen molar-refractivity contribution in [3.05, 3.63) is 18.1 Å². The monoisotopic (exact) mass is 232 g/mol. The van der Waals surface area contributed by atoms with Crippen molar-refractivity contribution in [1.82, 2.24) is 9.97 Å². The van der Waals surface area contributed by atoms with Crippen LogP contribution in [0, 0.1) is 17.2 Å². The standard InChI is InChI=1S/C12H16N4O/c1-17-9-10-3-2-6-16(8-10)12-11(7-13)14-4-5-15-12/h4-5,10H,2-3,6,8-9H2,1H3. The van der Waals surface area contributed by atoms with E-state index in [-0.39, 0.29) is 0 Å². The Hall–Kier alpha value is -1.67. The fourth-order valence-corrected chi connectivity index (χ4v) is 2.27. The fraction of sp³-hybridized carbons (Fsp3) is 0.583. The fourth-order valence-electron chi connectivity index (χ4n) is 2.27. The van der Waals surface area contributed by atoms with E-state index in [2.05, 4.69) is 20.9 Å². The van der Waals surface area contributed by atoms with Crippen LogP contribution in [0.1, 0.15) is 18.5 Å². The summed E-state index contributed by atoms with van der Waals surface area (Å²) in [4.78, 5) is 10.5. The van der Waals surface area contributed by atoms with Gasteiger partial charge in [-0.05, 0) is 18.8 Å². The maximum Gasteiger partial charge on any atom is 0.183 e. The van der Waals surface area contributed by atoms with Crippen LogP contribution in [0.2, 0.25) is 0 Å². The molecule has 0 bridgehead atoms. The highest BCUT2D eigenvalue weighted by atomic mass is 16.5. The summed E-state index contributed by atoms with van der Waals surface area (Å²) >= 11 is 0. The van der Waals surface area contributed by atoms with Crippen LogP contribution in [0.5, 0.6) is 0 Å². The minimum atomic E-state index is 0.408. The summed E-state index contributed by atoms with van der Waals surface area (Å²) in [5.74, 6) is 1.22. The zero-order valence-electron chi connectivity index (χ0n) is 9.96. The molecule has 1 saturated heterocycles. The Morgan fingerprint density at radius 3 is 3.12 bits per heavy atom. The van der Waals surface area contributed by atoms with Crippen molar-refractivity contribution < 1.29 is 4.74 Å². The average molecular weight is 232 g/mol. The lowest BCUT2D eigenvalue weighted by molar-refractivity contribution is 0.143. The number of piperidine rings is 1. The molecule has 1 unspecified atom stereocenters. The summed E-state index contributed by atoms with van der Waals surface area (Å²) in [7, 11) is 1.72. The van der Waals surface area contributed by atoms with E-state index in [1.54, 1.807) is 19.5 Å². The molecule has 2 rings (SSSR count). The number of nitriles is 1. The number of aromatic nitrogens is 2. The van der Waals surface area contributed by atoms with Gasteiger partial charge in [-0.1, -0.05) is 0 Å². The third-order valence-corrected chi connectivity index (χ3v) is 3.01. The predicted molar refractivity (Wildman–Crippen MR) is 63.6 cm³/mol. The third kappa shape index (κ3) is 2.71. The Morgan fingerprint density at radius 1 is 1.53 bits per heavy atom. The van der Waals surface area contributed by atoms with Gasteiger partial charge >= 0.3 is 0 Å².